The molecule has 0 radical (unpaired) electrons. The first-order valence-corrected chi connectivity index (χ1v) is 10.0. The minimum absolute atomic E-state index is 0.0747. The van der Waals surface area contributed by atoms with E-state index in [1.165, 1.54) is 18.4 Å². The number of rotatable bonds is 8. The molecular formula is C21H31N3O3. The highest BCUT2D eigenvalue weighted by Gasteiger charge is 2.33. The molecule has 1 aromatic rings. The molecule has 2 fully saturated rings. The Labute approximate surface area is 161 Å². The number of hydrogen-bond donors (Lipinski definition) is 2. The van der Waals surface area contributed by atoms with Crippen LogP contribution in [0.15, 0.2) is 30.3 Å². The third-order valence-electron chi connectivity index (χ3n) is 5.73. The van der Waals surface area contributed by atoms with Crippen LogP contribution in [0.5, 0.6) is 0 Å². The van der Waals surface area contributed by atoms with E-state index in [9.17, 15) is 9.59 Å². The van der Waals surface area contributed by atoms with Crippen molar-refractivity contribution in [2.24, 2.45) is 5.92 Å². The third kappa shape index (κ3) is 6.04. The number of likely N-dealkylation sites (N-methyl/N-ethyl adjacent to an activating group) is 1. The van der Waals surface area contributed by atoms with Gasteiger partial charge in [-0.2, -0.15) is 0 Å². The minimum Gasteiger partial charge on any atom is -0.480 e. The van der Waals surface area contributed by atoms with Crippen LogP contribution in [-0.4, -0.2) is 66.1 Å². The number of amides is 1. The highest BCUT2D eigenvalue weighted by molar-refractivity contribution is 5.78. The fraction of sp³-hybridized carbons (Fsp3) is 0.619. The quantitative estimate of drug-likeness (QED) is 0.730. The van der Waals surface area contributed by atoms with E-state index >= 15 is 0 Å². The maximum Gasteiger partial charge on any atom is 0.317 e. The predicted octanol–water partition coefficient (Wildman–Crippen LogP) is 2.12. The number of carboxylic acid groups (broad SMARTS) is 1. The summed E-state index contributed by atoms with van der Waals surface area (Å²) in [5.74, 6) is -0.132. The Bertz CT molecular complexity index is 633. The lowest BCUT2D eigenvalue weighted by atomic mass is 10.0. The van der Waals surface area contributed by atoms with Gasteiger partial charge in [-0.15, -0.1) is 0 Å². The van der Waals surface area contributed by atoms with Gasteiger partial charge in [0.1, 0.15) is 0 Å². The normalized spacial score (nSPS) is 22.2. The summed E-state index contributed by atoms with van der Waals surface area (Å²) in [6.07, 6.45) is 5.24. The molecule has 1 saturated carbocycles. The van der Waals surface area contributed by atoms with Crippen molar-refractivity contribution in [1.82, 2.24) is 15.1 Å². The van der Waals surface area contributed by atoms with Crippen LogP contribution in [-0.2, 0) is 9.59 Å². The first-order chi connectivity index (χ1) is 13.0. The highest BCUT2D eigenvalue weighted by atomic mass is 16.4. The van der Waals surface area contributed by atoms with Gasteiger partial charge in [-0.25, -0.2) is 0 Å². The summed E-state index contributed by atoms with van der Waals surface area (Å²) in [5, 5.41) is 12.2. The fourth-order valence-corrected chi connectivity index (χ4v) is 4.07. The van der Waals surface area contributed by atoms with E-state index < -0.39 is 5.97 Å². The van der Waals surface area contributed by atoms with Crippen LogP contribution in [0, 0.1) is 5.92 Å². The van der Waals surface area contributed by atoms with Crippen molar-refractivity contribution in [3.05, 3.63) is 35.9 Å². The number of carbonyl (C=O) groups excluding carboxylic acids is 1. The van der Waals surface area contributed by atoms with Crippen molar-refractivity contribution in [2.75, 3.05) is 33.2 Å². The molecule has 6 nitrogen and oxygen atoms in total. The molecule has 148 valence electrons. The molecule has 1 aliphatic heterocycles. The third-order valence-corrected chi connectivity index (χ3v) is 5.73. The van der Waals surface area contributed by atoms with Gasteiger partial charge in [0.05, 0.1) is 19.1 Å². The molecule has 0 aromatic heterocycles. The second kappa shape index (κ2) is 9.33. The maximum atomic E-state index is 12.7. The minimum atomic E-state index is -0.787. The summed E-state index contributed by atoms with van der Waals surface area (Å²) in [5.41, 5.74) is 1.19. The molecule has 2 N–H and O–H groups in total. The largest absolute Gasteiger partial charge is 0.480 e. The number of benzene rings is 1. The van der Waals surface area contributed by atoms with E-state index in [4.69, 9.17) is 5.11 Å². The number of hydrogen-bond acceptors (Lipinski definition) is 4. The van der Waals surface area contributed by atoms with Gasteiger partial charge in [0.2, 0.25) is 5.91 Å². The lowest BCUT2D eigenvalue weighted by Crippen LogP contribution is -2.40. The van der Waals surface area contributed by atoms with Crippen LogP contribution in [0.2, 0.25) is 0 Å². The van der Waals surface area contributed by atoms with Crippen molar-refractivity contribution in [2.45, 2.75) is 44.2 Å². The molecule has 6 heteroatoms. The Morgan fingerprint density at radius 2 is 1.93 bits per heavy atom. The summed E-state index contributed by atoms with van der Waals surface area (Å²) >= 11 is 0. The van der Waals surface area contributed by atoms with Gasteiger partial charge < -0.3 is 10.4 Å². The maximum absolute atomic E-state index is 12.7. The van der Waals surface area contributed by atoms with E-state index in [2.05, 4.69) is 22.3 Å². The average Bonchev–Trinajstić information content (AvgIpc) is 3.47. The summed E-state index contributed by atoms with van der Waals surface area (Å²) < 4.78 is 0. The van der Waals surface area contributed by atoms with E-state index in [0.717, 1.165) is 32.4 Å². The molecule has 3 rings (SSSR count). The van der Waals surface area contributed by atoms with Crippen LogP contribution >= 0.6 is 0 Å². The van der Waals surface area contributed by atoms with Crippen molar-refractivity contribution in [1.29, 1.82) is 0 Å². The molecule has 1 amide bonds. The van der Waals surface area contributed by atoms with Crippen LogP contribution in [0.25, 0.3) is 0 Å². The van der Waals surface area contributed by atoms with Gasteiger partial charge in [0.15, 0.2) is 0 Å². The molecule has 2 atom stereocenters. The van der Waals surface area contributed by atoms with Crippen molar-refractivity contribution in [3.8, 4) is 0 Å². The Morgan fingerprint density at radius 3 is 2.59 bits per heavy atom. The van der Waals surface area contributed by atoms with E-state index in [1.54, 1.807) is 0 Å². The molecule has 1 aromatic carbocycles. The summed E-state index contributed by atoms with van der Waals surface area (Å²) in [6.45, 7) is 2.22. The Balaban J connectivity index is 1.49. The number of carbonyl (C=O) groups is 2. The molecule has 1 heterocycles. The number of likely N-dealkylation sites (tertiary alicyclic amines) is 1. The van der Waals surface area contributed by atoms with Crippen LogP contribution in [0.3, 0.4) is 0 Å². The number of nitrogens with one attached hydrogen (secondary N) is 1. The van der Waals surface area contributed by atoms with Gasteiger partial charge in [-0.3, -0.25) is 19.4 Å². The SMILES string of the molecule is CN(CC(=O)O)C1CCCN(CC(=O)NC(c2ccccc2)C2CC2)CC1. The van der Waals surface area contributed by atoms with Gasteiger partial charge in [0, 0.05) is 12.6 Å². The number of nitrogens with zero attached hydrogens (tertiary/aromatic N) is 2. The molecule has 1 saturated heterocycles. The number of aliphatic carboxylic acids is 1. The second-order valence-corrected chi connectivity index (χ2v) is 7.96. The average molecular weight is 373 g/mol. The molecule has 27 heavy (non-hydrogen) atoms. The van der Waals surface area contributed by atoms with Crippen LogP contribution in [0.4, 0.5) is 0 Å². The van der Waals surface area contributed by atoms with Crippen molar-refractivity contribution < 1.29 is 14.7 Å². The number of carboxylic acids is 1. The molecular weight excluding hydrogens is 342 g/mol. The van der Waals surface area contributed by atoms with Gasteiger partial charge in [-0.1, -0.05) is 30.3 Å². The zero-order valence-corrected chi connectivity index (χ0v) is 16.1. The lowest BCUT2D eigenvalue weighted by Gasteiger charge is -2.26. The summed E-state index contributed by atoms with van der Waals surface area (Å²) in [6, 6.07) is 10.7. The second-order valence-electron chi connectivity index (χ2n) is 7.96. The van der Waals surface area contributed by atoms with Gasteiger partial charge in [0.25, 0.3) is 0 Å². The standard InChI is InChI=1S/C21H31N3O3/c1-23(15-20(26)27)18-8-5-12-24(13-11-18)14-19(25)22-21(17-9-10-17)16-6-3-2-4-7-16/h2-4,6-7,17-18,21H,5,8-15H2,1H3,(H,22,25)(H,26,27). The molecule has 2 unspecified atom stereocenters. The molecule has 2 aliphatic rings. The Kier molecular flexibility index (Phi) is 6.85. The zero-order chi connectivity index (χ0) is 19.2. The smallest absolute Gasteiger partial charge is 0.317 e. The van der Waals surface area contributed by atoms with Gasteiger partial charge in [-0.05, 0) is 57.2 Å². The van der Waals surface area contributed by atoms with Crippen LogP contribution < -0.4 is 5.32 Å². The van der Waals surface area contributed by atoms with Crippen LogP contribution in [0.1, 0.15) is 43.7 Å². The lowest BCUT2D eigenvalue weighted by molar-refractivity contribution is -0.138. The Morgan fingerprint density at radius 1 is 1.19 bits per heavy atom. The predicted molar refractivity (Wildman–Crippen MR) is 104 cm³/mol. The first kappa shape index (κ1) is 19.8. The molecule has 0 bridgehead atoms. The monoisotopic (exact) mass is 373 g/mol. The van der Waals surface area contributed by atoms with Crippen molar-refractivity contribution in [3.63, 3.8) is 0 Å². The zero-order valence-electron chi connectivity index (χ0n) is 16.1. The topological polar surface area (TPSA) is 72.9 Å². The summed E-state index contributed by atoms with van der Waals surface area (Å²) in [7, 11) is 1.88. The summed E-state index contributed by atoms with van der Waals surface area (Å²) in [4.78, 5) is 27.7. The van der Waals surface area contributed by atoms with E-state index in [1.807, 2.05) is 30.1 Å². The van der Waals surface area contributed by atoms with E-state index in [-0.39, 0.29) is 24.5 Å². The molecule has 0 spiro atoms. The first-order valence-electron chi connectivity index (χ1n) is 10.0. The molecule has 1 aliphatic carbocycles. The fourth-order valence-electron chi connectivity index (χ4n) is 4.07. The highest BCUT2D eigenvalue weighted by Crippen LogP contribution is 2.40. The van der Waals surface area contributed by atoms with E-state index in [0.29, 0.717) is 12.5 Å². The van der Waals surface area contributed by atoms with Gasteiger partial charge >= 0.3 is 5.97 Å². The Hall–Kier alpha value is -1.92. The van der Waals surface area contributed by atoms with Crippen molar-refractivity contribution >= 4 is 11.9 Å².